The molecule has 4 heterocycles. The molecule has 0 spiro atoms. The van der Waals surface area contributed by atoms with Crippen LogP contribution in [0, 0.1) is 0 Å². The molecule has 0 saturated heterocycles. The van der Waals surface area contributed by atoms with Gasteiger partial charge in [-0.2, -0.15) is 0 Å². The zero-order chi connectivity index (χ0) is 15.6. The molecule has 8 heteroatoms. The van der Waals surface area contributed by atoms with Gasteiger partial charge in [0.05, 0.1) is 12.0 Å². The lowest BCUT2D eigenvalue weighted by atomic mass is 10.4. The number of aromatic nitrogens is 4. The van der Waals surface area contributed by atoms with Gasteiger partial charge in [0.2, 0.25) is 0 Å². The van der Waals surface area contributed by atoms with Crippen LogP contribution in [0.2, 0.25) is 0 Å². The van der Waals surface area contributed by atoms with Crippen LogP contribution < -0.4 is 5.56 Å². The molecular formula is C15H10N4O3S. The van der Waals surface area contributed by atoms with Crippen LogP contribution in [-0.4, -0.2) is 19.6 Å². The third-order valence-corrected chi connectivity index (χ3v) is 3.96. The van der Waals surface area contributed by atoms with Gasteiger partial charge in [-0.25, -0.2) is 4.98 Å². The highest BCUT2D eigenvalue weighted by molar-refractivity contribution is 7.98. The van der Waals surface area contributed by atoms with Gasteiger partial charge in [0.25, 0.3) is 16.7 Å². The summed E-state index contributed by atoms with van der Waals surface area (Å²) in [6, 6.07) is 10.4. The molecule has 4 rings (SSSR count). The van der Waals surface area contributed by atoms with E-state index in [1.807, 2.05) is 6.07 Å². The van der Waals surface area contributed by atoms with Crippen LogP contribution in [0.1, 0.15) is 5.69 Å². The summed E-state index contributed by atoms with van der Waals surface area (Å²) in [6.07, 6.45) is 3.23. The van der Waals surface area contributed by atoms with Crippen LogP contribution in [0.4, 0.5) is 0 Å². The highest BCUT2D eigenvalue weighted by atomic mass is 32.2. The Morgan fingerprint density at radius 2 is 2.13 bits per heavy atom. The number of hydrogen-bond donors (Lipinski definition) is 0. The first-order valence-corrected chi connectivity index (χ1v) is 7.76. The van der Waals surface area contributed by atoms with Gasteiger partial charge in [-0.3, -0.25) is 9.20 Å². The molecule has 0 aliphatic rings. The fourth-order valence-corrected chi connectivity index (χ4v) is 2.74. The number of fused-ring (bicyclic) bond motifs is 1. The fraction of sp³-hybridized carbons (Fsp3) is 0.0667. The molecule has 23 heavy (non-hydrogen) atoms. The highest BCUT2D eigenvalue weighted by Gasteiger charge is 2.12. The summed E-state index contributed by atoms with van der Waals surface area (Å²) in [4.78, 5) is 16.5. The summed E-state index contributed by atoms with van der Waals surface area (Å²) in [7, 11) is 0. The molecule has 114 valence electrons. The summed E-state index contributed by atoms with van der Waals surface area (Å²) in [6.45, 7) is 0. The zero-order valence-corrected chi connectivity index (χ0v) is 12.6. The maximum absolute atomic E-state index is 12.0. The largest absolute Gasteiger partial charge is 0.459 e. The summed E-state index contributed by atoms with van der Waals surface area (Å²) in [5, 5.41) is 8.26. The quantitative estimate of drug-likeness (QED) is 0.533. The maximum atomic E-state index is 12.0. The third kappa shape index (κ3) is 2.76. The van der Waals surface area contributed by atoms with Crippen LogP contribution in [0.25, 0.3) is 17.3 Å². The van der Waals surface area contributed by atoms with Gasteiger partial charge in [-0.1, -0.05) is 17.8 Å². The molecule has 0 aliphatic heterocycles. The first kappa shape index (κ1) is 13.8. The van der Waals surface area contributed by atoms with E-state index in [-0.39, 0.29) is 5.56 Å². The van der Waals surface area contributed by atoms with Gasteiger partial charge in [0, 0.05) is 18.0 Å². The van der Waals surface area contributed by atoms with Crippen LogP contribution >= 0.6 is 11.8 Å². The maximum Gasteiger partial charge on any atom is 0.284 e. The second kappa shape index (κ2) is 5.73. The van der Waals surface area contributed by atoms with Crippen molar-refractivity contribution in [1.82, 2.24) is 19.6 Å². The van der Waals surface area contributed by atoms with E-state index >= 15 is 0 Å². The van der Waals surface area contributed by atoms with Crippen molar-refractivity contribution in [2.45, 2.75) is 11.0 Å². The average molecular weight is 326 g/mol. The molecular weight excluding hydrogens is 316 g/mol. The van der Waals surface area contributed by atoms with E-state index in [2.05, 4.69) is 15.2 Å². The van der Waals surface area contributed by atoms with E-state index in [1.165, 1.54) is 22.2 Å². The minimum absolute atomic E-state index is 0.118. The van der Waals surface area contributed by atoms with Gasteiger partial charge in [-0.05, 0) is 24.3 Å². The molecule has 7 nitrogen and oxygen atoms in total. The minimum Gasteiger partial charge on any atom is -0.459 e. The van der Waals surface area contributed by atoms with Crippen molar-refractivity contribution >= 4 is 17.4 Å². The van der Waals surface area contributed by atoms with E-state index < -0.39 is 0 Å². The van der Waals surface area contributed by atoms with Gasteiger partial charge < -0.3 is 8.83 Å². The lowest BCUT2D eigenvalue weighted by Gasteiger charge is -2.02. The molecule has 4 aromatic rings. The Kier molecular flexibility index (Phi) is 3.43. The van der Waals surface area contributed by atoms with E-state index in [4.69, 9.17) is 8.83 Å². The summed E-state index contributed by atoms with van der Waals surface area (Å²) in [5.74, 6) is 1.30. The van der Waals surface area contributed by atoms with Crippen molar-refractivity contribution in [2.24, 2.45) is 0 Å². The van der Waals surface area contributed by atoms with Crippen LogP contribution in [0.5, 0.6) is 0 Å². The van der Waals surface area contributed by atoms with E-state index in [0.717, 1.165) is 0 Å². The molecule has 0 saturated carbocycles. The number of furan rings is 1. The Bertz CT molecular complexity index is 1010. The molecule has 0 atom stereocenters. The predicted octanol–water partition coefficient (Wildman–Crippen LogP) is 2.63. The molecule has 0 radical (unpaired) electrons. The van der Waals surface area contributed by atoms with Crippen LogP contribution in [0.3, 0.4) is 0 Å². The van der Waals surface area contributed by atoms with E-state index in [0.29, 0.717) is 34.0 Å². The second-order valence-corrected chi connectivity index (χ2v) is 5.58. The molecule has 0 aliphatic carbocycles. The van der Waals surface area contributed by atoms with Crippen LogP contribution in [-0.2, 0) is 5.75 Å². The summed E-state index contributed by atoms with van der Waals surface area (Å²) < 4.78 is 12.2. The Labute approximate surface area is 134 Å². The van der Waals surface area contributed by atoms with Crippen molar-refractivity contribution in [3.63, 3.8) is 0 Å². The summed E-state index contributed by atoms with van der Waals surface area (Å²) >= 11 is 1.32. The van der Waals surface area contributed by atoms with Crippen molar-refractivity contribution in [2.75, 3.05) is 0 Å². The van der Waals surface area contributed by atoms with Crippen LogP contribution in [0.15, 0.2) is 67.7 Å². The normalized spacial score (nSPS) is 11.1. The third-order valence-electron chi connectivity index (χ3n) is 3.11. The minimum atomic E-state index is -0.118. The molecule has 0 amide bonds. The molecule has 0 fully saturated rings. The Hall–Kier alpha value is -2.87. The van der Waals surface area contributed by atoms with Gasteiger partial charge in [0.1, 0.15) is 5.65 Å². The highest BCUT2D eigenvalue weighted by Crippen LogP contribution is 2.25. The Morgan fingerprint density at radius 3 is 3.00 bits per heavy atom. The molecule has 0 unspecified atom stereocenters. The predicted molar refractivity (Wildman–Crippen MR) is 83.0 cm³/mol. The zero-order valence-electron chi connectivity index (χ0n) is 11.7. The summed E-state index contributed by atoms with van der Waals surface area (Å²) in [5.41, 5.74) is 1.15. The van der Waals surface area contributed by atoms with Crippen molar-refractivity contribution in [3.8, 4) is 11.7 Å². The van der Waals surface area contributed by atoms with Crippen molar-refractivity contribution < 1.29 is 8.83 Å². The fourth-order valence-electron chi connectivity index (χ4n) is 2.08. The average Bonchev–Trinajstić information content (AvgIpc) is 3.24. The SMILES string of the molecule is O=c1cc(CSc2nnc(-c3ccco3)o2)nc2ccccn12. The van der Waals surface area contributed by atoms with E-state index in [1.54, 1.807) is 36.7 Å². The smallest absolute Gasteiger partial charge is 0.284 e. The molecule has 4 aromatic heterocycles. The number of thioether (sulfide) groups is 1. The van der Waals surface area contributed by atoms with Crippen molar-refractivity contribution in [3.05, 3.63) is 64.9 Å². The van der Waals surface area contributed by atoms with Gasteiger partial charge in [-0.15, -0.1) is 10.2 Å². The van der Waals surface area contributed by atoms with Gasteiger partial charge >= 0.3 is 0 Å². The number of nitrogens with zero attached hydrogens (tertiary/aromatic N) is 4. The Morgan fingerprint density at radius 1 is 1.17 bits per heavy atom. The lowest BCUT2D eigenvalue weighted by Crippen LogP contribution is -2.14. The topological polar surface area (TPSA) is 86.4 Å². The first-order valence-electron chi connectivity index (χ1n) is 6.77. The molecule has 0 bridgehead atoms. The Balaban J connectivity index is 1.54. The number of pyridine rings is 1. The molecule has 0 aromatic carbocycles. The monoisotopic (exact) mass is 326 g/mol. The molecule has 0 N–H and O–H groups in total. The number of hydrogen-bond acceptors (Lipinski definition) is 7. The lowest BCUT2D eigenvalue weighted by molar-refractivity contribution is 0.447. The van der Waals surface area contributed by atoms with E-state index in [9.17, 15) is 4.79 Å². The number of rotatable bonds is 4. The first-order chi connectivity index (χ1) is 11.3. The standard InChI is InChI=1S/C15H10N4O3S/c20-13-8-10(16-12-5-1-2-6-19(12)13)9-23-15-18-17-14(22-15)11-4-3-7-21-11/h1-8H,9H2. The van der Waals surface area contributed by atoms with Crippen molar-refractivity contribution in [1.29, 1.82) is 0 Å². The second-order valence-electron chi connectivity index (χ2n) is 4.65. The van der Waals surface area contributed by atoms with Gasteiger partial charge in [0.15, 0.2) is 5.76 Å².